The van der Waals surface area contributed by atoms with Crippen molar-refractivity contribution < 1.29 is 4.79 Å². The van der Waals surface area contributed by atoms with E-state index in [4.69, 9.17) is 28.9 Å². The first-order valence-corrected chi connectivity index (χ1v) is 6.19. The largest absolute Gasteiger partial charge is 0.398 e. The van der Waals surface area contributed by atoms with Crippen molar-refractivity contribution in [3.8, 4) is 0 Å². The first kappa shape index (κ1) is 13.5. The molecule has 2 amide bonds. The highest BCUT2D eigenvalue weighted by molar-refractivity contribution is 6.33. The maximum atomic E-state index is 11.7. The molecule has 0 bridgehead atoms. The number of urea groups is 1. The quantitative estimate of drug-likeness (QED) is 0.726. The molecule has 0 aromatic heterocycles. The maximum Gasteiger partial charge on any atom is 0.323 e. The molecule has 0 spiro atoms. The van der Waals surface area contributed by atoms with Gasteiger partial charge in [0.05, 0.1) is 10.7 Å². The van der Waals surface area contributed by atoms with Gasteiger partial charge < -0.3 is 16.4 Å². The van der Waals surface area contributed by atoms with Crippen LogP contribution in [0.4, 0.5) is 21.9 Å². The van der Waals surface area contributed by atoms with Gasteiger partial charge in [-0.05, 0) is 42.5 Å². The monoisotopic (exact) mass is 295 g/mol. The topological polar surface area (TPSA) is 67.1 Å². The second kappa shape index (κ2) is 5.82. The zero-order valence-corrected chi connectivity index (χ0v) is 11.3. The third kappa shape index (κ3) is 3.77. The van der Waals surface area contributed by atoms with Crippen LogP contribution in [0.3, 0.4) is 0 Å². The van der Waals surface area contributed by atoms with Crippen molar-refractivity contribution in [2.45, 2.75) is 0 Å². The lowest BCUT2D eigenvalue weighted by Crippen LogP contribution is -2.19. The molecular weight excluding hydrogens is 285 g/mol. The van der Waals surface area contributed by atoms with E-state index in [9.17, 15) is 4.79 Å². The van der Waals surface area contributed by atoms with E-state index < -0.39 is 0 Å². The molecular formula is C13H11Cl2N3O. The molecule has 6 heteroatoms. The number of hydrogen-bond acceptors (Lipinski definition) is 2. The van der Waals surface area contributed by atoms with Crippen molar-refractivity contribution in [2.75, 3.05) is 16.4 Å². The van der Waals surface area contributed by atoms with Gasteiger partial charge in [0.15, 0.2) is 0 Å². The molecule has 2 aromatic carbocycles. The van der Waals surface area contributed by atoms with Crippen LogP contribution in [0.1, 0.15) is 0 Å². The predicted molar refractivity (Wildman–Crippen MR) is 80.0 cm³/mol. The molecule has 0 saturated carbocycles. The first-order chi connectivity index (χ1) is 9.04. The standard InChI is InChI=1S/C13H11Cl2N3O/c14-8-1-3-9(4-2-8)17-13(19)18-10-5-6-12(16)11(15)7-10/h1-7H,16H2,(H2,17,18,19). The minimum absolute atomic E-state index is 0.372. The van der Waals surface area contributed by atoms with E-state index in [1.54, 1.807) is 42.5 Å². The van der Waals surface area contributed by atoms with E-state index in [0.717, 1.165) is 0 Å². The maximum absolute atomic E-state index is 11.7. The van der Waals surface area contributed by atoms with Crippen molar-refractivity contribution >= 4 is 46.3 Å². The summed E-state index contributed by atoms with van der Waals surface area (Å²) in [7, 11) is 0. The molecule has 0 radical (unpaired) electrons. The van der Waals surface area contributed by atoms with E-state index in [1.165, 1.54) is 0 Å². The van der Waals surface area contributed by atoms with E-state index in [0.29, 0.717) is 27.1 Å². The Balaban J connectivity index is 2.01. The number of benzene rings is 2. The van der Waals surface area contributed by atoms with Crippen LogP contribution in [0.5, 0.6) is 0 Å². The Kier molecular flexibility index (Phi) is 4.14. The smallest absolute Gasteiger partial charge is 0.323 e. The van der Waals surface area contributed by atoms with Crippen molar-refractivity contribution in [3.63, 3.8) is 0 Å². The number of amides is 2. The molecule has 4 nitrogen and oxygen atoms in total. The normalized spacial score (nSPS) is 10.0. The number of halogens is 2. The Morgan fingerprint density at radius 2 is 1.53 bits per heavy atom. The molecule has 4 N–H and O–H groups in total. The van der Waals surface area contributed by atoms with Gasteiger partial charge in [0.1, 0.15) is 0 Å². The average molecular weight is 296 g/mol. The Hall–Kier alpha value is -1.91. The fourth-order valence-corrected chi connectivity index (χ4v) is 1.74. The van der Waals surface area contributed by atoms with Crippen LogP contribution in [0, 0.1) is 0 Å². The van der Waals surface area contributed by atoms with Gasteiger partial charge in [-0.3, -0.25) is 0 Å². The van der Waals surface area contributed by atoms with Gasteiger partial charge in [-0.15, -0.1) is 0 Å². The van der Waals surface area contributed by atoms with Crippen LogP contribution in [0.15, 0.2) is 42.5 Å². The van der Waals surface area contributed by atoms with Crippen LogP contribution in [0.2, 0.25) is 10.0 Å². The highest BCUT2D eigenvalue weighted by Crippen LogP contribution is 2.22. The van der Waals surface area contributed by atoms with E-state index in [2.05, 4.69) is 10.6 Å². The molecule has 0 unspecified atom stereocenters. The summed E-state index contributed by atoms with van der Waals surface area (Å²) in [5.41, 5.74) is 7.25. The minimum atomic E-state index is -0.372. The van der Waals surface area contributed by atoms with Gasteiger partial charge in [-0.25, -0.2) is 4.79 Å². The number of rotatable bonds is 2. The van der Waals surface area contributed by atoms with Crippen LogP contribution >= 0.6 is 23.2 Å². The number of anilines is 3. The lowest BCUT2D eigenvalue weighted by molar-refractivity contribution is 0.262. The van der Waals surface area contributed by atoms with Gasteiger partial charge in [0, 0.05) is 16.4 Å². The Labute approximate surface area is 120 Å². The number of nitrogens with one attached hydrogen (secondary N) is 2. The second-order valence-electron chi connectivity index (χ2n) is 3.82. The Morgan fingerprint density at radius 1 is 0.947 bits per heavy atom. The van der Waals surface area contributed by atoms with Gasteiger partial charge in [0.25, 0.3) is 0 Å². The summed E-state index contributed by atoms with van der Waals surface area (Å²) in [6, 6.07) is 11.3. The molecule has 0 fully saturated rings. The summed E-state index contributed by atoms with van der Waals surface area (Å²) in [5, 5.41) is 6.32. The van der Waals surface area contributed by atoms with Crippen molar-refractivity contribution in [2.24, 2.45) is 0 Å². The van der Waals surface area contributed by atoms with Crippen LogP contribution in [0.25, 0.3) is 0 Å². The highest BCUT2D eigenvalue weighted by atomic mass is 35.5. The highest BCUT2D eigenvalue weighted by Gasteiger charge is 2.04. The molecule has 2 rings (SSSR count). The van der Waals surface area contributed by atoms with Crippen LogP contribution < -0.4 is 16.4 Å². The zero-order valence-electron chi connectivity index (χ0n) is 9.78. The number of nitrogens with two attached hydrogens (primary N) is 1. The molecule has 19 heavy (non-hydrogen) atoms. The lowest BCUT2D eigenvalue weighted by atomic mass is 10.3. The number of nitrogen functional groups attached to an aromatic ring is 1. The lowest BCUT2D eigenvalue weighted by Gasteiger charge is -2.08. The summed E-state index contributed by atoms with van der Waals surface area (Å²) in [4.78, 5) is 11.7. The Bertz CT molecular complexity index is 599. The van der Waals surface area contributed by atoms with Crippen LogP contribution in [-0.2, 0) is 0 Å². The Morgan fingerprint density at radius 3 is 2.16 bits per heavy atom. The van der Waals surface area contributed by atoms with Gasteiger partial charge >= 0.3 is 6.03 Å². The summed E-state index contributed by atoms with van der Waals surface area (Å²) >= 11 is 11.6. The molecule has 2 aromatic rings. The predicted octanol–water partition coefficient (Wildman–Crippen LogP) is 4.22. The van der Waals surface area contributed by atoms with E-state index in [1.807, 2.05) is 0 Å². The third-order valence-corrected chi connectivity index (χ3v) is 2.94. The van der Waals surface area contributed by atoms with Gasteiger partial charge in [0.2, 0.25) is 0 Å². The summed E-state index contributed by atoms with van der Waals surface area (Å²) in [6.45, 7) is 0. The average Bonchev–Trinajstić information content (AvgIpc) is 2.37. The zero-order chi connectivity index (χ0) is 13.8. The fraction of sp³-hybridized carbons (Fsp3) is 0. The molecule has 0 aliphatic rings. The third-order valence-electron chi connectivity index (χ3n) is 2.36. The summed E-state index contributed by atoms with van der Waals surface area (Å²) in [5.74, 6) is 0. The molecule has 0 heterocycles. The second-order valence-corrected chi connectivity index (χ2v) is 4.67. The van der Waals surface area contributed by atoms with Gasteiger partial charge in [-0.2, -0.15) is 0 Å². The van der Waals surface area contributed by atoms with Gasteiger partial charge in [-0.1, -0.05) is 23.2 Å². The molecule has 98 valence electrons. The number of hydrogen-bond donors (Lipinski definition) is 3. The van der Waals surface area contributed by atoms with Crippen LogP contribution in [-0.4, -0.2) is 6.03 Å². The summed E-state index contributed by atoms with van der Waals surface area (Å²) in [6.07, 6.45) is 0. The summed E-state index contributed by atoms with van der Waals surface area (Å²) < 4.78 is 0. The van der Waals surface area contributed by atoms with Crippen molar-refractivity contribution in [3.05, 3.63) is 52.5 Å². The van der Waals surface area contributed by atoms with E-state index in [-0.39, 0.29) is 6.03 Å². The molecule has 0 aliphatic heterocycles. The number of carbonyl (C=O) groups is 1. The number of carbonyl (C=O) groups excluding carboxylic acids is 1. The van der Waals surface area contributed by atoms with E-state index >= 15 is 0 Å². The fourth-order valence-electron chi connectivity index (χ4n) is 1.43. The SMILES string of the molecule is Nc1ccc(NC(=O)Nc2ccc(Cl)cc2)cc1Cl. The molecule has 0 aliphatic carbocycles. The first-order valence-electron chi connectivity index (χ1n) is 5.43. The molecule has 0 atom stereocenters. The molecule has 0 saturated heterocycles. The van der Waals surface area contributed by atoms with Crippen molar-refractivity contribution in [1.82, 2.24) is 0 Å². The van der Waals surface area contributed by atoms with Crippen molar-refractivity contribution in [1.29, 1.82) is 0 Å². The minimum Gasteiger partial charge on any atom is -0.398 e.